The van der Waals surface area contributed by atoms with E-state index in [-0.39, 0.29) is 0 Å². The summed E-state index contributed by atoms with van der Waals surface area (Å²) < 4.78 is 0. The third kappa shape index (κ3) is 3.33. The highest BCUT2D eigenvalue weighted by atomic mass is 32.2. The van der Waals surface area contributed by atoms with Crippen molar-refractivity contribution in [2.24, 2.45) is 0 Å². The molecule has 0 atom stereocenters. The summed E-state index contributed by atoms with van der Waals surface area (Å²) in [7, 11) is 0. The first-order chi connectivity index (χ1) is 7.45. The molecular formula is C13H13NS. The van der Waals surface area contributed by atoms with Gasteiger partial charge < -0.3 is 5.32 Å². The van der Waals surface area contributed by atoms with E-state index in [1.165, 1.54) is 10.6 Å². The number of rotatable bonds is 4. The van der Waals surface area contributed by atoms with Crippen molar-refractivity contribution in [1.82, 2.24) is 0 Å². The fourth-order valence-electron chi connectivity index (χ4n) is 1.28. The van der Waals surface area contributed by atoms with Crippen LogP contribution in [0.1, 0.15) is 0 Å². The van der Waals surface area contributed by atoms with Crippen LogP contribution in [0.5, 0.6) is 0 Å². The highest BCUT2D eigenvalue weighted by Gasteiger charge is 1.92. The van der Waals surface area contributed by atoms with Crippen LogP contribution in [0.25, 0.3) is 0 Å². The van der Waals surface area contributed by atoms with Crippen molar-refractivity contribution in [3.63, 3.8) is 0 Å². The number of anilines is 1. The fraction of sp³-hybridized carbons (Fsp3) is 0.0769. The van der Waals surface area contributed by atoms with E-state index in [2.05, 4.69) is 41.7 Å². The molecule has 1 nitrogen and oxygen atoms in total. The Balaban J connectivity index is 1.81. The Bertz CT molecular complexity index is 346. The van der Waals surface area contributed by atoms with E-state index in [4.69, 9.17) is 0 Å². The number of hydrogen-bond donors (Lipinski definition) is 1. The molecule has 2 heteroatoms. The lowest BCUT2D eigenvalue weighted by Crippen LogP contribution is -1.96. The summed E-state index contributed by atoms with van der Waals surface area (Å²) in [5.41, 5.74) is 1.17. The Hall–Kier alpha value is -1.41. The number of benzene rings is 2. The fourth-order valence-corrected chi connectivity index (χ4v) is 2.03. The zero-order valence-corrected chi connectivity index (χ0v) is 9.21. The van der Waals surface area contributed by atoms with Crippen LogP contribution in [0.4, 0.5) is 5.69 Å². The Morgan fingerprint density at radius 2 is 1.40 bits per heavy atom. The van der Waals surface area contributed by atoms with Gasteiger partial charge in [-0.2, -0.15) is 0 Å². The highest BCUT2D eigenvalue weighted by molar-refractivity contribution is 7.99. The molecule has 2 rings (SSSR count). The largest absolute Gasteiger partial charge is 0.376 e. The van der Waals surface area contributed by atoms with E-state index in [1.54, 1.807) is 11.8 Å². The van der Waals surface area contributed by atoms with Crippen LogP contribution in [0.2, 0.25) is 0 Å². The minimum atomic E-state index is 0.897. The molecule has 2 aromatic carbocycles. The van der Waals surface area contributed by atoms with Crippen molar-refractivity contribution < 1.29 is 0 Å². The van der Waals surface area contributed by atoms with Gasteiger partial charge >= 0.3 is 0 Å². The number of hydrogen-bond acceptors (Lipinski definition) is 2. The van der Waals surface area contributed by atoms with Crippen LogP contribution in [-0.2, 0) is 0 Å². The van der Waals surface area contributed by atoms with Gasteiger partial charge in [0.05, 0.1) is 5.88 Å². The second-order valence-electron chi connectivity index (χ2n) is 3.14. The van der Waals surface area contributed by atoms with Crippen molar-refractivity contribution >= 4 is 17.4 Å². The molecule has 76 valence electrons. The molecule has 0 saturated heterocycles. The molecule has 1 N–H and O–H groups in total. The lowest BCUT2D eigenvalue weighted by molar-refractivity contribution is 1.41. The van der Waals surface area contributed by atoms with Gasteiger partial charge in [0, 0.05) is 10.6 Å². The van der Waals surface area contributed by atoms with Crippen molar-refractivity contribution in [3.8, 4) is 0 Å². The van der Waals surface area contributed by atoms with Crippen LogP contribution in [0, 0.1) is 0 Å². The number of para-hydroxylation sites is 1. The van der Waals surface area contributed by atoms with Crippen LogP contribution in [-0.4, -0.2) is 5.88 Å². The molecule has 0 bridgehead atoms. The molecule has 0 aromatic heterocycles. The van der Waals surface area contributed by atoms with Gasteiger partial charge in [-0.1, -0.05) is 36.4 Å². The van der Waals surface area contributed by atoms with Crippen LogP contribution in [0.3, 0.4) is 0 Å². The molecule has 0 aliphatic carbocycles. The van der Waals surface area contributed by atoms with Gasteiger partial charge in [-0.15, -0.1) is 11.8 Å². The predicted molar refractivity (Wildman–Crippen MR) is 67.2 cm³/mol. The zero-order valence-electron chi connectivity index (χ0n) is 8.39. The molecule has 0 saturated carbocycles. The molecule has 0 heterocycles. The van der Waals surface area contributed by atoms with Gasteiger partial charge in [-0.25, -0.2) is 0 Å². The second-order valence-corrected chi connectivity index (χ2v) is 4.19. The van der Waals surface area contributed by atoms with Crippen molar-refractivity contribution in [2.45, 2.75) is 4.90 Å². The Kier molecular flexibility index (Phi) is 3.69. The summed E-state index contributed by atoms with van der Waals surface area (Å²) in [6.45, 7) is 0. The standard InChI is InChI=1S/C13H13NS/c1-3-7-12(8-4-1)14-11-15-13-9-5-2-6-10-13/h1-10,14H,11H2. The first kappa shape index (κ1) is 10.1. The van der Waals surface area contributed by atoms with Crippen molar-refractivity contribution in [3.05, 3.63) is 60.7 Å². The van der Waals surface area contributed by atoms with Gasteiger partial charge in [0.25, 0.3) is 0 Å². The van der Waals surface area contributed by atoms with E-state index in [0.29, 0.717) is 0 Å². The monoisotopic (exact) mass is 215 g/mol. The maximum absolute atomic E-state index is 3.36. The number of thioether (sulfide) groups is 1. The van der Waals surface area contributed by atoms with Crippen LogP contribution >= 0.6 is 11.8 Å². The summed E-state index contributed by atoms with van der Waals surface area (Å²) in [5.74, 6) is 0.897. The molecule has 0 aliphatic heterocycles. The van der Waals surface area contributed by atoms with Gasteiger partial charge in [0.2, 0.25) is 0 Å². The lowest BCUT2D eigenvalue weighted by Gasteiger charge is -2.05. The smallest absolute Gasteiger partial charge is 0.0657 e. The quantitative estimate of drug-likeness (QED) is 0.614. The molecule has 15 heavy (non-hydrogen) atoms. The minimum Gasteiger partial charge on any atom is -0.376 e. The van der Waals surface area contributed by atoms with Gasteiger partial charge in [-0.3, -0.25) is 0 Å². The van der Waals surface area contributed by atoms with E-state index >= 15 is 0 Å². The first-order valence-corrected chi connectivity index (χ1v) is 5.90. The Morgan fingerprint density at radius 1 is 0.800 bits per heavy atom. The first-order valence-electron chi connectivity index (χ1n) is 4.92. The minimum absolute atomic E-state index is 0.897. The summed E-state index contributed by atoms with van der Waals surface area (Å²) in [5, 5.41) is 3.36. The van der Waals surface area contributed by atoms with Crippen LogP contribution < -0.4 is 5.32 Å². The molecular weight excluding hydrogens is 202 g/mol. The predicted octanol–water partition coefficient (Wildman–Crippen LogP) is 3.85. The summed E-state index contributed by atoms with van der Waals surface area (Å²) >= 11 is 1.80. The van der Waals surface area contributed by atoms with Gasteiger partial charge in [0.1, 0.15) is 0 Å². The highest BCUT2D eigenvalue weighted by Crippen LogP contribution is 2.17. The van der Waals surface area contributed by atoms with Gasteiger partial charge in [-0.05, 0) is 24.3 Å². The Morgan fingerprint density at radius 3 is 2.07 bits per heavy atom. The molecule has 0 aliphatic rings. The molecule has 0 spiro atoms. The van der Waals surface area contributed by atoms with E-state index < -0.39 is 0 Å². The summed E-state index contributed by atoms with van der Waals surface area (Å²) in [6, 6.07) is 20.6. The van der Waals surface area contributed by atoms with Crippen LogP contribution in [0.15, 0.2) is 65.6 Å². The Labute approximate surface area is 94.5 Å². The molecule has 0 amide bonds. The number of nitrogens with one attached hydrogen (secondary N) is 1. The zero-order chi connectivity index (χ0) is 10.3. The maximum atomic E-state index is 3.36. The van der Waals surface area contributed by atoms with E-state index in [1.807, 2.05) is 24.3 Å². The summed E-state index contributed by atoms with van der Waals surface area (Å²) in [6.07, 6.45) is 0. The molecule has 2 aromatic rings. The van der Waals surface area contributed by atoms with E-state index in [0.717, 1.165) is 5.88 Å². The SMILES string of the molecule is c1ccc(NCSc2ccccc2)cc1. The van der Waals surface area contributed by atoms with Crippen molar-refractivity contribution in [2.75, 3.05) is 11.2 Å². The molecule has 0 radical (unpaired) electrons. The summed E-state index contributed by atoms with van der Waals surface area (Å²) in [4.78, 5) is 1.29. The third-order valence-corrected chi connectivity index (χ3v) is 2.93. The van der Waals surface area contributed by atoms with Gasteiger partial charge in [0.15, 0.2) is 0 Å². The average molecular weight is 215 g/mol. The van der Waals surface area contributed by atoms with E-state index in [9.17, 15) is 0 Å². The topological polar surface area (TPSA) is 12.0 Å². The maximum Gasteiger partial charge on any atom is 0.0657 e. The lowest BCUT2D eigenvalue weighted by atomic mass is 10.3. The molecule has 0 fully saturated rings. The average Bonchev–Trinajstić information content (AvgIpc) is 2.32. The van der Waals surface area contributed by atoms with Crippen molar-refractivity contribution in [1.29, 1.82) is 0 Å². The normalized spacial score (nSPS) is 9.87. The third-order valence-electron chi connectivity index (χ3n) is 2.03. The molecule has 0 unspecified atom stereocenters. The second kappa shape index (κ2) is 5.47.